The van der Waals surface area contributed by atoms with Gasteiger partial charge in [-0.25, -0.2) is 15.0 Å². The fraction of sp³-hybridized carbons (Fsp3) is 0.643. The number of H-pyrrole nitrogens is 1. The minimum Gasteiger partial charge on any atom is -0.350 e. The molecule has 1 fully saturated rings. The summed E-state index contributed by atoms with van der Waals surface area (Å²) >= 11 is 0. The van der Waals surface area contributed by atoms with Crippen molar-refractivity contribution in [2.45, 2.75) is 32.7 Å². The second kappa shape index (κ2) is 5.75. The van der Waals surface area contributed by atoms with Gasteiger partial charge in [-0.1, -0.05) is 13.8 Å². The van der Waals surface area contributed by atoms with Crippen LogP contribution in [0.1, 0.15) is 26.7 Å². The highest BCUT2D eigenvalue weighted by Crippen LogP contribution is 2.27. The third kappa shape index (κ3) is 2.60. The minimum absolute atomic E-state index is 0.509. The van der Waals surface area contributed by atoms with Crippen LogP contribution in [0.15, 0.2) is 12.7 Å². The predicted octanol–water partition coefficient (Wildman–Crippen LogP) is 1.57. The summed E-state index contributed by atoms with van der Waals surface area (Å²) in [7, 11) is 0. The summed E-state index contributed by atoms with van der Waals surface area (Å²) in [6, 6.07) is 0.509. The van der Waals surface area contributed by atoms with Gasteiger partial charge in [0.1, 0.15) is 11.8 Å². The number of hydrogen-bond acceptors (Lipinski definition) is 5. The Hall–Kier alpha value is -1.69. The lowest BCUT2D eigenvalue weighted by Crippen LogP contribution is -2.39. The van der Waals surface area contributed by atoms with Crippen LogP contribution in [0.5, 0.6) is 0 Å². The van der Waals surface area contributed by atoms with Crippen LogP contribution in [-0.4, -0.2) is 45.6 Å². The molecule has 0 spiro atoms. The molecule has 20 heavy (non-hydrogen) atoms. The first-order valence-corrected chi connectivity index (χ1v) is 7.37. The fourth-order valence-corrected chi connectivity index (χ4v) is 2.84. The van der Waals surface area contributed by atoms with Crippen LogP contribution in [0.4, 0.5) is 5.82 Å². The van der Waals surface area contributed by atoms with E-state index in [4.69, 9.17) is 0 Å². The maximum absolute atomic E-state index is 4.47. The topological polar surface area (TPSA) is 69.7 Å². The van der Waals surface area contributed by atoms with E-state index in [9.17, 15) is 0 Å². The fourth-order valence-electron chi connectivity index (χ4n) is 2.84. The molecular weight excluding hydrogens is 252 g/mol. The Kier molecular flexibility index (Phi) is 3.82. The third-order valence-electron chi connectivity index (χ3n) is 3.78. The van der Waals surface area contributed by atoms with E-state index in [-0.39, 0.29) is 0 Å². The molecule has 3 rings (SSSR count). The molecule has 1 saturated heterocycles. The molecule has 2 N–H and O–H groups in total. The second-order valence-electron chi connectivity index (χ2n) is 5.84. The smallest absolute Gasteiger partial charge is 0.182 e. The Labute approximate surface area is 119 Å². The van der Waals surface area contributed by atoms with Crippen molar-refractivity contribution in [3.8, 4) is 0 Å². The summed E-state index contributed by atoms with van der Waals surface area (Å²) in [5, 5.41) is 3.56. The molecule has 2 aromatic heterocycles. The van der Waals surface area contributed by atoms with Gasteiger partial charge < -0.3 is 15.2 Å². The summed E-state index contributed by atoms with van der Waals surface area (Å²) in [5.74, 6) is 1.67. The van der Waals surface area contributed by atoms with Crippen molar-refractivity contribution in [3.05, 3.63) is 12.7 Å². The van der Waals surface area contributed by atoms with Gasteiger partial charge in [0.25, 0.3) is 0 Å². The first-order valence-electron chi connectivity index (χ1n) is 7.37. The van der Waals surface area contributed by atoms with E-state index < -0.39 is 0 Å². The van der Waals surface area contributed by atoms with E-state index in [0.717, 1.165) is 36.6 Å². The zero-order valence-corrected chi connectivity index (χ0v) is 12.1. The predicted molar refractivity (Wildman–Crippen MR) is 79.8 cm³/mol. The molecule has 3 heterocycles. The quantitative estimate of drug-likeness (QED) is 0.866. The minimum atomic E-state index is 0.509. The number of nitrogens with one attached hydrogen (secondary N) is 2. The van der Waals surface area contributed by atoms with E-state index in [2.05, 4.69) is 44.0 Å². The first-order chi connectivity index (χ1) is 9.75. The molecule has 1 aliphatic rings. The number of aromatic amines is 1. The standard InChI is InChI=1S/C14H22N6/c1-10(2)6-15-7-11-4-3-5-20(11)14-12-13(17-8-16-12)18-9-19-14/h8-11,15H,3-7H2,1-2H3,(H,16,17,18,19). The highest BCUT2D eigenvalue weighted by molar-refractivity contribution is 5.82. The van der Waals surface area contributed by atoms with Crippen molar-refractivity contribution in [1.29, 1.82) is 0 Å². The van der Waals surface area contributed by atoms with E-state index in [0.29, 0.717) is 12.0 Å². The molecule has 1 atom stereocenters. The largest absolute Gasteiger partial charge is 0.350 e. The van der Waals surface area contributed by atoms with Crippen LogP contribution in [0.25, 0.3) is 11.2 Å². The van der Waals surface area contributed by atoms with Crippen LogP contribution >= 0.6 is 0 Å². The molecule has 0 saturated carbocycles. The average molecular weight is 274 g/mol. The molecule has 0 radical (unpaired) electrons. The molecule has 1 unspecified atom stereocenters. The number of fused-ring (bicyclic) bond motifs is 1. The Morgan fingerprint density at radius 1 is 1.40 bits per heavy atom. The maximum atomic E-state index is 4.47. The van der Waals surface area contributed by atoms with E-state index in [1.165, 1.54) is 12.8 Å². The Morgan fingerprint density at radius 2 is 2.30 bits per heavy atom. The summed E-state index contributed by atoms with van der Waals surface area (Å²) in [6.07, 6.45) is 5.72. The van der Waals surface area contributed by atoms with Crippen molar-refractivity contribution in [1.82, 2.24) is 25.3 Å². The zero-order chi connectivity index (χ0) is 13.9. The van der Waals surface area contributed by atoms with Crippen molar-refractivity contribution >= 4 is 17.0 Å². The average Bonchev–Trinajstić information content (AvgIpc) is 3.05. The number of nitrogens with zero attached hydrogens (tertiary/aromatic N) is 4. The van der Waals surface area contributed by atoms with Gasteiger partial charge in [0.05, 0.1) is 6.33 Å². The van der Waals surface area contributed by atoms with Crippen molar-refractivity contribution < 1.29 is 0 Å². The van der Waals surface area contributed by atoms with Gasteiger partial charge in [0, 0.05) is 19.1 Å². The van der Waals surface area contributed by atoms with Crippen molar-refractivity contribution in [2.24, 2.45) is 5.92 Å². The molecule has 108 valence electrons. The van der Waals surface area contributed by atoms with Crippen molar-refractivity contribution in [3.63, 3.8) is 0 Å². The Bertz CT molecular complexity index is 564. The number of rotatable bonds is 5. The molecule has 0 aliphatic carbocycles. The third-order valence-corrected chi connectivity index (χ3v) is 3.78. The number of hydrogen-bond donors (Lipinski definition) is 2. The summed E-state index contributed by atoms with van der Waals surface area (Å²) in [5.41, 5.74) is 1.69. The van der Waals surface area contributed by atoms with Crippen molar-refractivity contribution in [2.75, 3.05) is 24.5 Å². The van der Waals surface area contributed by atoms with Crippen LogP contribution in [0.3, 0.4) is 0 Å². The lowest BCUT2D eigenvalue weighted by molar-refractivity contribution is 0.511. The van der Waals surface area contributed by atoms with Crippen LogP contribution < -0.4 is 10.2 Å². The molecule has 0 aromatic carbocycles. The van der Waals surface area contributed by atoms with Gasteiger partial charge in [-0.05, 0) is 25.3 Å². The maximum Gasteiger partial charge on any atom is 0.182 e. The number of imidazole rings is 1. The van der Waals surface area contributed by atoms with Gasteiger partial charge in [-0.2, -0.15) is 0 Å². The second-order valence-corrected chi connectivity index (χ2v) is 5.84. The van der Waals surface area contributed by atoms with E-state index >= 15 is 0 Å². The number of anilines is 1. The summed E-state index contributed by atoms with van der Waals surface area (Å²) < 4.78 is 0. The highest BCUT2D eigenvalue weighted by atomic mass is 15.3. The molecule has 6 heteroatoms. The van der Waals surface area contributed by atoms with Crippen LogP contribution in [0, 0.1) is 5.92 Å². The van der Waals surface area contributed by atoms with E-state index in [1.807, 2.05) is 0 Å². The molecule has 1 aliphatic heterocycles. The van der Waals surface area contributed by atoms with Gasteiger partial charge in [0.2, 0.25) is 0 Å². The van der Waals surface area contributed by atoms with E-state index in [1.54, 1.807) is 12.7 Å². The monoisotopic (exact) mass is 274 g/mol. The summed E-state index contributed by atoms with van der Waals surface area (Å²) in [6.45, 7) is 7.60. The molecule has 0 bridgehead atoms. The SMILES string of the molecule is CC(C)CNCC1CCCN1c1ncnc2nc[nH]c12. The molecule has 2 aromatic rings. The van der Waals surface area contributed by atoms with Crippen LogP contribution in [0.2, 0.25) is 0 Å². The molecule has 6 nitrogen and oxygen atoms in total. The Balaban J connectivity index is 1.76. The van der Waals surface area contributed by atoms with Gasteiger partial charge >= 0.3 is 0 Å². The van der Waals surface area contributed by atoms with Crippen LogP contribution in [-0.2, 0) is 0 Å². The lowest BCUT2D eigenvalue weighted by Gasteiger charge is -2.26. The summed E-state index contributed by atoms with van der Waals surface area (Å²) in [4.78, 5) is 18.4. The van der Waals surface area contributed by atoms with Gasteiger partial charge in [-0.15, -0.1) is 0 Å². The molecular formula is C14H22N6. The lowest BCUT2D eigenvalue weighted by atomic mass is 10.2. The Morgan fingerprint density at radius 3 is 3.15 bits per heavy atom. The molecule has 0 amide bonds. The highest BCUT2D eigenvalue weighted by Gasteiger charge is 2.27. The number of aromatic nitrogens is 4. The van der Waals surface area contributed by atoms with Gasteiger partial charge in [-0.3, -0.25) is 0 Å². The normalized spacial score (nSPS) is 19.4. The van der Waals surface area contributed by atoms with Gasteiger partial charge in [0.15, 0.2) is 11.5 Å². The zero-order valence-electron chi connectivity index (χ0n) is 12.1. The first kappa shape index (κ1) is 13.3.